The lowest BCUT2D eigenvalue weighted by Crippen LogP contribution is -2.40. The van der Waals surface area contributed by atoms with Gasteiger partial charge in [-0.2, -0.15) is 5.10 Å². The van der Waals surface area contributed by atoms with E-state index >= 15 is 0 Å². The lowest BCUT2D eigenvalue weighted by molar-refractivity contribution is -0.134. The summed E-state index contributed by atoms with van der Waals surface area (Å²) in [6, 6.07) is 11.1. The number of fused-ring (bicyclic) bond motifs is 2. The molecule has 4 nitrogen and oxygen atoms in total. The molecular formula is C19H17F2N3OS. The van der Waals surface area contributed by atoms with Crippen molar-refractivity contribution in [3.63, 3.8) is 0 Å². The molecule has 1 unspecified atom stereocenters. The van der Waals surface area contributed by atoms with E-state index in [4.69, 9.17) is 5.73 Å². The van der Waals surface area contributed by atoms with Crippen molar-refractivity contribution in [1.82, 2.24) is 5.01 Å². The Hall–Kier alpha value is -2.25. The summed E-state index contributed by atoms with van der Waals surface area (Å²) in [5.74, 6) is -1.33. The number of thioether (sulfide) groups is 1. The molecule has 2 aliphatic rings. The quantitative estimate of drug-likeness (QED) is 0.898. The number of rotatable bonds is 3. The van der Waals surface area contributed by atoms with Crippen molar-refractivity contribution in [2.24, 2.45) is 10.8 Å². The fraction of sp³-hybridized carbons (Fsp3) is 0.263. The SMILES string of the molecule is NCCC(=O)N1N=C(c2cc(F)ccc2F)SC12CCc1ccccc12. The Balaban J connectivity index is 1.82. The van der Waals surface area contributed by atoms with Crippen LogP contribution in [0.15, 0.2) is 47.6 Å². The number of amides is 1. The monoisotopic (exact) mass is 373 g/mol. The van der Waals surface area contributed by atoms with Crippen molar-refractivity contribution < 1.29 is 13.6 Å². The van der Waals surface area contributed by atoms with E-state index in [1.807, 2.05) is 24.3 Å². The number of nitrogens with two attached hydrogens (primary N) is 1. The Labute approximate surface area is 154 Å². The average Bonchev–Trinajstić information content (AvgIpc) is 3.20. The third-order valence-corrected chi connectivity index (χ3v) is 6.15. The van der Waals surface area contributed by atoms with Crippen LogP contribution in [0, 0.1) is 11.6 Å². The minimum atomic E-state index is -0.725. The molecule has 0 radical (unpaired) electrons. The summed E-state index contributed by atoms with van der Waals surface area (Å²) in [5, 5.41) is 6.15. The number of halogens is 2. The van der Waals surface area contributed by atoms with Crippen LogP contribution in [0.3, 0.4) is 0 Å². The number of carbonyl (C=O) groups excluding carboxylic acids is 1. The number of benzene rings is 2. The normalized spacial score (nSPS) is 21.2. The molecule has 0 saturated heterocycles. The second kappa shape index (κ2) is 6.48. The average molecular weight is 373 g/mol. The van der Waals surface area contributed by atoms with E-state index in [9.17, 15) is 13.6 Å². The molecule has 0 bridgehead atoms. The maximum atomic E-state index is 14.3. The van der Waals surface area contributed by atoms with Gasteiger partial charge in [0.2, 0.25) is 5.91 Å². The maximum absolute atomic E-state index is 14.3. The molecule has 134 valence electrons. The van der Waals surface area contributed by atoms with Gasteiger partial charge in [-0.25, -0.2) is 13.8 Å². The molecule has 0 saturated carbocycles. The molecule has 2 N–H and O–H groups in total. The van der Waals surface area contributed by atoms with E-state index in [2.05, 4.69) is 5.10 Å². The van der Waals surface area contributed by atoms with Gasteiger partial charge in [-0.3, -0.25) is 4.79 Å². The smallest absolute Gasteiger partial charge is 0.245 e. The first-order valence-electron chi connectivity index (χ1n) is 8.40. The third-order valence-electron chi connectivity index (χ3n) is 4.72. The second-order valence-electron chi connectivity index (χ2n) is 6.32. The van der Waals surface area contributed by atoms with Crippen molar-refractivity contribution in [1.29, 1.82) is 0 Å². The van der Waals surface area contributed by atoms with Gasteiger partial charge in [0.25, 0.3) is 0 Å². The van der Waals surface area contributed by atoms with Gasteiger partial charge in [0.05, 0.1) is 0 Å². The van der Waals surface area contributed by atoms with E-state index in [0.29, 0.717) is 11.5 Å². The van der Waals surface area contributed by atoms with Crippen molar-refractivity contribution >= 4 is 22.7 Å². The van der Waals surface area contributed by atoms with Gasteiger partial charge in [0, 0.05) is 18.5 Å². The summed E-state index contributed by atoms with van der Waals surface area (Å²) in [4.78, 5) is 12.0. The van der Waals surface area contributed by atoms with Gasteiger partial charge in [-0.05, 0) is 42.2 Å². The number of nitrogens with zero attached hydrogens (tertiary/aromatic N) is 2. The molecule has 1 aliphatic carbocycles. The zero-order valence-electron chi connectivity index (χ0n) is 13.9. The predicted octanol–water partition coefficient (Wildman–Crippen LogP) is 3.35. The number of hydrazone groups is 1. The number of hydrogen-bond donors (Lipinski definition) is 1. The highest BCUT2D eigenvalue weighted by molar-refractivity contribution is 8.15. The van der Waals surface area contributed by atoms with Crippen LogP contribution in [0.4, 0.5) is 8.78 Å². The van der Waals surface area contributed by atoms with Crippen LogP contribution in [-0.4, -0.2) is 22.5 Å². The van der Waals surface area contributed by atoms with Crippen LogP contribution in [0.2, 0.25) is 0 Å². The lowest BCUT2D eigenvalue weighted by Gasteiger charge is -2.32. The standard InChI is InChI=1S/C19H17F2N3OS/c20-13-5-6-16(21)14(11-13)18-23-24(17(25)8-10-22)19(26-18)9-7-12-3-1-2-4-15(12)19/h1-6,11H,7-10,22H2. The van der Waals surface area contributed by atoms with Gasteiger partial charge in [-0.1, -0.05) is 36.0 Å². The molecule has 26 heavy (non-hydrogen) atoms. The summed E-state index contributed by atoms with van der Waals surface area (Å²) >= 11 is 1.31. The van der Waals surface area contributed by atoms with Crippen LogP contribution >= 0.6 is 11.8 Å². The summed E-state index contributed by atoms with van der Waals surface area (Å²) < 4.78 is 27.9. The first-order chi connectivity index (χ1) is 12.5. The fourth-order valence-corrected chi connectivity index (χ4v) is 4.99. The molecule has 4 rings (SSSR count). The maximum Gasteiger partial charge on any atom is 0.245 e. The summed E-state index contributed by atoms with van der Waals surface area (Å²) in [7, 11) is 0. The van der Waals surface area contributed by atoms with E-state index in [1.165, 1.54) is 16.8 Å². The Kier molecular flexibility index (Phi) is 4.28. The highest BCUT2D eigenvalue weighted by Crippen LogP contribution is 2.54. The summed E-state index contributed by atoms with van der Waals surface area (Å²) in [6.07, 6.45) is 1.61. The number of carbonyl (C=O) groups is 1. The third kappa shape index (κ3) is 2.62. The van der Waals surface area contributed by atoms with Crippen LogP contribution < -0.4 is 5.73 Å². The summed E-state index contributed by atoms with van der Waals surface area (Å²) in [5.41, 5.74) is 7.76. The summed E-state index contributed by atoms with van der Waals surface area (Å²) in [6.45, 7) is 0.205. The zero-order valence-corrected chi connectivity index (χ0v) is 14.7. The largest absolute Gasteiger partial charge is 0.330 e. The van der Waals surface area contributed by atoms with E-state index in [0.717, 1.165) is 35.7 Å². The van der Waals surface area contributed by atoms with E-state index < -0.39 is 16.5 Å². The molecule has 0 aromatic heterocycles. The van der Waals surface area contributed by atoms with Crippen molar-refractivity contribution in [2.45, 2.75) is 24.1 Å². The highest BCUT2D eigenvalue weighted by atomic mass is 32.2. The van der Waals surface area contributed by atoms with Crippen LogP contribution in [0.1, 0.15) is 29.5 Å². The van der Waals surface area contributed by atoms with Crippen LogP contribution in [0.25, 0.3) is 0 Å². The Morgan fingerprint density at radius 3 is 2.88 bits per heavy atom. The molecule has 1 atom stereocenters. The van der Waals surface area contributed by atoms with Gasteiger partial charge in [-0.15, -0.1) is 0 Å². The van der Waals surface area contributed by atoms with Crippen molar-refractivity contribution in [3.05, 3.63) is 70.8 Å². The molecule has 1 spiro atoms. The van der Waals surface area contributed by atoms with Gasteiger partial charge >= 0.3 is 0 Å². The first kappa shape index (κ1) is 17.2. The second-order valence-corrected chi connectivity index (χ2v) is 7.58. The minimum Gasteiger partial charge on any atom is -0.330 e. The van der Waals surface area contributed by atoms with Crippen molar-refractivity contribution in [2.75, 3.05) is 6.54 Å². The predicted molar refractivity (Wildman–Crippen MR) is 97.4 cm³/mol. The molecule has 2 aromatic rings. The molecule has 7 heteroatoms. The highest BCUT2D eigenvalue weighted by Gasteiger charge is 2.52. The molecular weight excluding hydrogens is 356 g/mol. The number of aryl methyl sites for hydroxylation is 1. The van der Waals surface area contributed by atoms with E-state index in [-0.39, 0.29) is 24.4 Å². The molecule has 1 aliphatic heterocycles. The van der Waals surface area contributed by atoms with Crippen LogP contribution in [0.5, 0.6) is 0 Å². The van der Waals surface area contributed by atoms with Crippen molar-refractivity contribution in [3.8, 4) is 0 Å². The lowest BCUT2D eigenvalue weighted by atomic mass is 10.1. The first-order valence-corrected chi connectivity index (χ1v) is 9.21. The Bertz CT molecular complexity index is 917. The number of hydrogen-bond acceptors (Lipinski definition) is 4. The van der Waals surface area contributed by atoms with E-state index in [1.54, 1.807) is 0 Å². The zero-order chi connectivity index (χ0) is 18.3. The minimum absolute atomic E-state index is 0.0711. The van der Waals surface area contributed by atoms with Gasteiger partial charge in [0.15, 0.2) is 0 Å². The Morgan fingerprint density at radius 1 is 1.27 bits per heavy atom. The fourth-order valence-electron chi connectivity index (χ4n) is 3.54. The topological polar surface area (TPSA) is 58.7 Å². The molecule has 1 heterocycles. The molecule has 0 fully saturated rings. The van der Waals surface area contributed by atoms with Crippen LogP contribution in [-0.2, 0) is 16.1 Å². The van der Waals surface area contributed by atoms with Gasteiger partial charge < -0.3 is 5.73 Å². The molecule has 1 amide bonds. The van der Waals surface area contributed by atoms with Gasteiger partial charge in [0.1, 0.15) is 21.5 Å². The Morgan fingerprint density at radius 2 is 2.08 bits per heavy atom. The molecule has 2 aromatic carbocycles.